The van der Waals surface area contributed by atoms with Crippen LogP contribution in [0.3, 0.4) is 0 Å². The molecule has 0 aliphatic carbocycles. The molecular formula is C9H6N2. The van der Waals surface area contributed by atoms with Gasteiger partial charge in [0.2, 0.25) is 0 Å². The Morgan fingerprint density at radius 1 is 1.09 bits per heavy atom. The highest BCUT2D eigenvalue weighted by molar-refractivity contribution is 5.92. The maximum Gasteiger partial charge on any atom is 0.0582 e. The van der Waals surface area contributed by atoms with Crippen LogP contribution in [-0.2, 0) is 0 Å². The molecular weight excluding hydrogens is 136 g/mol. The van der Waals surface area contributed by atoms with Crippen LogP contribution in [0, 0.1) is 0 Å². The Morgan fingerprint density at radius 3 is 2.82 bits per heavy atom. The summed E-state index contributed by atoms with van der Waals surface area (Å²) in [7, 11) is 0. The molecule has 1 aromatic rings. The summed E-state index contributed by atoms with van der Waals surface area (Å²) in [5, 5.41) is 7.42. The Balaban J connectivity index is 2.67. The molecule has 1 aromatic carbocycles. The molecule has 0 spiro atoms. The van der Waals surface area contributed by atoms with Gasteiger partial charge >= 0.3 is 0 Å². The minimum Gasteiger partial charge on any atom is -0.150 e. The average molecular weight is 142 g/mol. The summed E-state index contributed by atoms with van der Waals surface area (Å²) in [6, 6.07) is 7.97. The van der Waals surface area contributed by atoms with Crippen molar-refractivity contribution in [2.24, 2.45) is 10.2 Å². The molecule has 0 aromatic heterocycles. The molecule has 2 rings (SSSR count). The van der Waals surface area contributed by atoms with Crippen molar-refractivity contribution in [1.29, 1.82) is 0 Å². The maximum atomic E-state index is 3.77. The molecule has 11 heavy (non-hydrogen) atoms. The first-order chi connectivity index (χ1) is 5.47. The molecule has 0 fully saturated rings. The minimum absolute atomic E-state index is 1.08. The molecule has 0 N–H and O–H groups in total. The summed E-state index contributed by atoms with van der Waals surface area (Å²) in [6.45, 7) is 0. The third kappa shape index (κ3) is 1.11. The van der Waals surface area contributed by atoms with Gasteiger partial charge in [0.05, 0.1) is 6.21 Å². The van der Waals surface area contributed by atoms with E-state index in [2.05, 4.69) is 16.1 Å². The van der Waals surface area contributed by atoms with Gasteiger partial charge in [0.15, 0.2) is 0 Å². The van der Waals surface area contributed by atoms with Gasteiger partial charge in [0.25, 0.3) is 0 Å². The van der Waals surface area contributed by atoms with Crippen LogP contribution in [0.1, 0.15) is 11.1 Å². The Labute approximate surface area is 64.6 Å². The largest absolute Gasteiger partial charge is 0.150 e. The van der Waals surface area contributed by atoms with E-state index in [1.165, 1.54) is 0 Å². The van der Waals surface area contributed by atoms with Gasteiger partial charge in [-0.2, -0.15) is 0 Å². The second kappa shape index (κ2) is 2.52. The lowest BCUT2D eigenvalue weighted by molar-refractivity contribution is 1.28. The SMILES string of the molecule is C1=Cc2ccccc2C=NN=1. The topological polar surface area (TPSA) is 24.7 Å². The van der Waals surface area contributed by atoms with Crippen LogP contribution in [0.4, 0.5) is 0 Å². The Kier molecular flexibility index (Phi) is 1.39. The lowest BCUT2D eigenvalue weighted by Gasteiger charge is -1.94. The van der Waals surface area contributed by atoms with Gasteiger partial charge in [-0.05, 0) is 5.56 Å². The molecule has 0 saturated carbocycles. The maximum absolute atomic E-state index is 3.77. The van der Waals surface area contributed by atoms with Crippen LogP contribution >= 0.6 is 0 Å². The molecule has 0 amide bonds. The molecule has 0 atom stereocenters. The normalized spacial score (nSPS) is 12.7. The molecule has 2 heteroatoms. The summed E-state index contributed by atoms with van der Waals surface area (Å²) in [4.78, 5) is 0. The number of fused-ring (bicyclic) bond motifs is 1. The first kappa shape index (κ1) is 6.08. The van der Waals surface area contributed by atoms with Crippen LogP contribution in [0.15, 0.2) is 34.5 Å². The van der Waals surface area contributed by atoms with Crippen LogP contribution in [0.2, 0.25) is 0 Å². The summed E-state index contributed by atoms with van der Waals surface area (Å²) in [5.74, 6) is 2.71. The van der Waals surface area contributed by atoms with Crippen molar-refractivity contribution < 1.29 is 0 Å². The molecule has 1 aliphatic rings. The summed E-state index contributed by atoms with van der Waals surface area (Å²) in [5.41, 5.74) is 2.19. The fraction of sp³-hybridized carbons (Fsp3) is 0. The van der Waals surface area contributed by atoms with Crippen LogP contribution < -0.4 is 0 Å². The average Bonchev–Trinajstić information content (AvgIpc) is 2.28. The summed E-state index contributed by atoms with van der Waals surface area (Å²) in [6.07, 6.45) is 3.55. The van der Waals surface area contributed by atoms with Crippen molar-refractivity contribution in [2.75, 3.05) is 0 Å². The molecule has 0 bridgehead atoms. The van der Waals surface area contributed by atoms with E-state index in [1.807, 2.05) is 30.3 Å². The zero-order valence-corrected chi connectivity index (χ0v) is 5.86. The first-order valence-corrected chi connectivity index (χ1v) is 3.38. The number of benzene rings is 1. The van der Waals surface area contributed by atoms with E-state index in [9.17, 15) is 0 Å². The number of rotatable bonds is 0. The Bertz CT molecular complexity index is 358. The van der Waals surface area contributed by atoms with Crippen LogP contribution in [-0.4, -0.2) is 12.1 Å². The highest BCUT2D eigenvalue weighted by Gasteiger charge is 1.95. The Morgan fingerprint density at radius 2 is 1.91 bits per heavy atom. The highest BCUT2D eigenvalue weighted by atomic mass is 15.2. The number of nitrogens with zero attached hydrogens (tertiary/aromatic N) is 2. The number of hydrogen-bond donors (Lipinski definition) is 0. The molecule has 52 valence electrons. The first-order valence-electron chi connectivity index (χ1n) is 3.38. The second-order valence-electron chi connectivity index (χ2n) is 2.25. The second-order valence-corrected chi connectivity index (χ2v) is 2.25. The van der Waals surface area contributed by atoms with Crippen molar-refractivity contribution in [3.63, 3.8) is 0 Å². The molecule has 2 nitrogen and oxygen atoms in total. The molecule has 0 saturated heterocycles. The van der Waals surface area contributed by atoms with Crippen molar-refractivity contribution in [3.05, 3.63) is 35.4 Å². The van der Waals surface area contributed by atoms with E-state index in [-0.39, 0.29) is 0 Å². The summed E-state index contributed by atoms with van der Waals surface area (Å²) >= 11 is 0. The quantitative estimate of drug-likeness (QED) is 0.527. The van der Waals surface area contributed by atoms with Gasteiger partial charge < -0.3 is 0 Å². The van der Waals surface area contributed by atoms with Gasteiger partial charge in [-0.25, -0.2) is 0 Å². The standard InChI is InChI=1S/C9H6N2/c1-2-4-9-7-11-10-6-5-8(9)3-1/h1-5,7H. The predicted octanol–water partition coefficient (Wildman–Crippen LogP) is 1.72. The smallest absolute Gasteiger partial charge is 0.0582 e. The predicted molar refractivity (Wildman–Crippen MR) is 45.9 cm³/mol. The van der Waals surface area contributed by atoms with Gasteiger partial charge in [0.1, 0.15) is 0 Å². The summed E-state index contributed by atoms with van der Waals surface area (Å²) < 4.78 is 0. The van der Waals surface area contributed by atoms with Crippen molar-refractivity contribution >= 4 is 18.2 Å². The molecule has 0 radical (unpaired) electrons. The Hall–Kier alpha value is -1.66. The van der Waals surface area contributed by atoms with Gasteiger partial charge in [-0.1, -0.05) is 24.3 Å². The molecule has 0 unspecified atom stereocenters. The third-order valence-corrected chi connectivity index (χ3v) is 1.53. The fourth-order valence-corrected chi connectivity index (χ4v) is 0.983. The van der Waals surface area contributed by atoms with E-state index < -0.39 is 0 Å². The van der Waals surface area contributed by atoms with Crippen molar-refractivity contribution in [3.8, 4) is 0 Å². The van der Waals surface area contributed by atoms with E-state index in [4.69, 9.17) is 0 Å². The van der Waals surface area contributed by atoms with Gasteiger partial charge in [0, 0.05) is 17.5 Å². The minimum atomic E-state index is 1.08. The third-order valence-electron chi connectivity index (χ3n) is 1.53. The van der Waals surface area contributed by atoms with Gasteiger partial charge in [-0.15, -0.1) is 10.2 Å². The molecule has 1 aliphatic heterocycles. The monoisotopic (exact) mass is 142 g/mol. The lowest BCUT2D eigenvalue weighted by atomic mass is 10.1. The fourth-order valence-electron chi connectivity index (χ4n) is 0.983. The lowest BCUT2D eigenvalue weighted by Crippen LogP contribution is -1.83. The van der Waals surface area contributed by atoms with E-state index in [0.717, 1.165) is 11.1 Å². The van der Waals surface area contributed by atoms with E-state index in [1.54, 1.807) is 6.21 Å². The zero-order valence-electron chi connectivity index (χ0n) is 5.86. The van der Waals surface area contributed by atoms with E-state index in [0.29, 0.717) is 0 Å². The van der Waals surface area contributed by atoms with Crippen LogP contribution in [0.5, 0.6) is 0 Å². The van der Waals surface area contributed by atoms with Gasteiger partial charge in [-0.3, -0.25) is 0 Å². The van der Waals surface area contributed by atoms with Crippen molar-refractivity contribution in [2.45, 2.75) is 0 Å². The van der Waals surface area contributed by atoms with E-state index >= 15 is 0 Å². The van der Waals surface area contributed by atoms with Crippen LogP contribution in [0.25, 0.3) is 6.08 Å². The highest BCUT2D eigenvalue weighted by Crippen LogP contribution is 2.07. The number of hydrogen-bond acceptors (Lipinski definition) is 2. The van der Waals surface area contributed by atoms with Crippen molar-refractivity contribution in [1.82, 2.24) is 0 Å². The zero-order chi connectivity index (χ0) is 7.52. The molecule has 1 heterocycles.